The molecular weight excluding hydrogens is 1120 g/mol. The van der Waals surface area contributed by atoms with E-state index in [1.165, 1.54) is 36.4 Å². The number of esters is 3. The predicted octanol–water partition coefficient (Wildman–Crippen LogP) is 11.5. The largest absolute Gasteiger partial charge is 0.459 e. The molecule has 17 heteroatoms. The van der Waals surface area contributed by atoms with Crippen LogP contribution in [0.4, 0.5) is 0 Å². The summed E-state index contributed by atoms with van der Waals surface area (Å²) in [5.41, 5.74) is 2.94. The van der Waals surface area contributed by atoms with E-state index in [2.05, 4.69) is 0 Å². The fourth-order valence-electron chi connectivity index (χ4n) is 9.76. The van der Waals surface area contributed by atoms with Crippen LogP contribution in [0.5, 0.6) is 0 Å². The Balaban J connectivity index is 1.11. The molecule has 438 valence electrons. The number of ether oxygens (including phenoxy) is 10. The van der Waals surface area contributed by atoms with Gasteiger partial charge in [0.05, 0.1) is 54.6 Å². The van der Waals surface area contributed by atoms with Crippen LogP contribution in [0.15, 0.2) is 241 Å². The standard InChI is InChI=1S/C68H64O15S2/c1-47-37-39-55(40-38-47)85(72,73)84-68-63(82-66(71)54-35-21-8-22-36-54)61(81-65(70)53-33-19-7-20-34-53)59(57(80-68)46-78-64(69)52-31-17-6-18-32-52)83-67-62(77-44-51-29-15-5-16-30-51)60(76-43-50-27-13-4-14-28-50)58(75-42-49-25-11-3-12-26-49)56(79-67)45-74-41-48-23-9-2-10-24-48/h2-40,56-63,67-68H,41-46H2,1H3/t56-,57-,58+,59-,60+,61+,62-,63-,67-,68+/m1/s1. The fraction of sp³-hybridized carbons (Fsp3) is 0.250. The first-order valence-electron chi connectivity index (χ1n) is 27.8. The van der Waals surface area contributed by atoms with Crippen molar-refractivity contribution >= 4 is 37.6 Å². The summed E-state index contributed by atoms with van der Waals surface area (Å²) >= 11 is 0. The zero-order valence-corrected chi connectivity index (χ0v) is 48.1. The Hall–Kier alpha value is -7.81. The van der Waals surface area contributed by atoms with Crippen LogP contribution in [0, 0.1) is 6.92 Å². The molecule has 10 rings (SSSR count). The van der Waals surface area contributed by atoms with Crippen molar-refractivity contribution < 1.29 is 70.2 Å². The van der Waals surface area contributed by atoms with Crippen LogP contribution >= 0.6 is 10.8 Å². The number of aryl methyl sites for hydroxylation is 1. The van der Waals surface area contributed by atoms with Gasteiger partial charge < -0.3 is 47.4 Å². The number of rotatable bonds is 25. The summed E-state index contributed by atoms with van der Waals surface area (Å²) < 4.78 is 97.2. The quantitative estimate of drug-likeness (QED) is 0.0299. The molecule has 2 heterocycles. The summed E-state index contributed by atoms with van der Waals surface area (Å²) in [6.45, 7) is 1.57. The minimum Gasteiger partial charge on any atom is -0.459 e. The Morgan fingerprint density at radius 2 is 0.812 bits per heavy atom. The molecule has 0 aromatic heterocycles. The van der Waals surface area contributed by atoms with Crippen LogP contribution in [0.25, 0.3) is 0 Å². The second kappa shape index (κ2) is 29.8. The van der Waals surface area contributed by atoms with E-state index in [0.29, 0.717) is 10.8 Å². The van der Waals surface area contributed by atoms with Gasteiger partial charge in [0, 0.05) is 10.8 Å². The van der Waals surface area contributed by atoms with Crippen LogP contribution in [0.2, 0.25) is 0 Å². The van der Waals surface area contributed by atoms with E-state index >= 15 is 0 Å². The summed E-state index contributed by atoms with van der Waals surface area (Å²) in [6, 6.07) is 69.0. The molecule has 85 heavy (non-hydrogen) atoms. The van der Waals surface area contributed by atoms with Gasteiger partial charge in [0.2, 0.25) is 8.87 Å². The highest BCUT2D eigenvalue weighted by Gasteiger charge is 2.57. The molecule has 0 aliphatic carbocycles. The number of hydrogen-bond acceptors (Lipinski definition) is 16. The van der Waals surface area contributed by atoms with Gasteiger partial charge in [-0.3, -0.25) is 0 Å². The van der Waals surface area contributed by atoms with E-state index in [1.807, 2.05) is 128 Å². The van der Waals surface area contributed by atoms with E-state index in [9.17, 15) is 22.8 Å². The van der Waals surface area contributed by atoms with Gasteiger partial charge in [0.15, 0.2) is 23.9 Å². The van der Waals surface area contributed by atoms with E-state index in [4.69, 9.17) is 47.4 Å². The Morgan fingerprint density at radius 1 is 0.412 bits per heavy atom. The van der Waals surface area contributed by atoms with E-state index in [-0.39, 0.29) is 54.6 Å². The summed E-state index contributed by atoms with van der Waals surface area (Å²) in [5.74, 6) is -2.54. The first-order chi connectivity index (χ1) is 41.5. The molecule has 0 radical (unpaired) electrons. The van der Waals surface area contributed by atoms with Crippen LogP contribution in [0.1, 0.15) is 58.9 Å². The molecule has 2 saturated heterocycles. The third-order valence-electron chi connectivity index (χ3n) is 14.1. The van der Waals surface area contributed by atoms with Gasteiger partial charge >= 0.3 is 17.9 Å². The highest BCUT2D eigenvalue weighted by atomic mass is 33.1. The Bertz CT molecular complexity index is 3460. The van der Waals surface area contributed by atoms with Gasteiger partial charge in [-0.1, -0.05) is 194 Å². The monoisotopic (exact) mass is 1180 g/mol. The zero-order valence-electron chi connectivity index (χ0n) is 46.5. The van der Waals surface area contributed by atoms with Crippen molar-refractivity contribution in [3.05, 3.63) is 281 Å². The molecule has 10 atom stereocenters. The Kier molecular flexibility index (Phi) is 21.2. The lowest BCUT2D eigenvalue weighted by atomic mass is 9.96. The van der Waals surface area contributed by atoms with Gasteiger partial charge in [-0.25, -0.2) is 22.8 Å². The molecule has 0 unspecified atom stereocenters. The number of carbonyl (C=O) groups excluding carboxylic acids is 3. The van der Waals surface area contributed by atoms with Crippen molar-refractivity contribution in [2.24, 2.45) is 0 Å². The fourth-order valence-corrected chi connectivity index (χ4v) is 13.0. The molecule has 0 amide bonds. The highest BCUT2D eigenvalue weighted by Crippen LogP contribution is 2.42. The lowest BCUT2D eigenvalue weighted by Crippen LogP contribution is -2.66. The third-order valence-corrected chi connectivity index (χ3v) is 17.7. The van der Waals surface area contributed by atoms with E-state index in [0.717, 1.165) is 27.8 Å². The van der Waals surface area contributed by atoms with Crippen LogP contribution < -0.4 is 0 Å². The van der Waals surface area contributed by atoms with Crippen molar-refractivity contribution in [3.63, 3.8) is 0 Å². The molecule has 2 aliphatic heterocycles. The van der Waals surface area contributed by atoms with Crippen molar-refractivity contribution in [3.8, 4) is 0 Å². The minimum atomic E-state index is -4.38. The van der Waals surface area contributed by atoms with E-state index < -0.39 is 93.9 Å². The minimum absolute atomic E-state index is 0.0130. The van der Waals surface area contributed by atoms with Gasteiger partial charge in [-0.15, -0.1) is 0 Å². The molecular formula is C68H64O15S2. The molecule has 2 fully saturated rings. The molecule has 8 aromatic carbocycles. The third kappa shape index (κ3) is 16.5. The lowest BCUT2D eigenvalue weighted by Gasteiger charge is -2.49. The van der Waals surface area contributed by atoms with Gasteiger partial charge in [-0.05, 0) is 77.7 Å². The SMILES string of the molecule is Cc1ccc(S(=O)(=O)S[C@@H]2O[C@H](COC(=O)c3ccccc3)[C@@H](O[C@H]3O[C@H](COCc4ccccc4)[C@H](OCc4ccccc4)[C@H](OCc4ccccc4)[C@H]3OCc3ccccc3)[C@H](OC(=O)c3ccccc3)[C@H]2OC(=O)c2ccccc2)cc1. The summed E-state index contributed by atoms with van der Waals surface area (Å²) in [4.78, 5) is 43.3. The topological polar surface area (TPSA) is 178 Å². The average molecular weight is 1190 g/mol. The predicted molar refractivity (Wildman–Crippen MR) is 317 cm³/mol. The second-order valence-electron chi connectivity index (χ2n) is 20.3. The number of hydrogen-bond donors (Lipinski definition) is 0. The molecule has 8 aromatic rings. The normalized spacial score (nSPS) is 22.2. The maximum Gasteiger partial charge on any atom is 0.338 e. The average Bonchev–Trinajstić information content (AvgIpc) is 2.18. The summed E-state index contributed by atoms with van der Waals surface area (Å²) in [5, 5.41) is 0. The molecule has 0 bridgehead atoms. The maximum absolute atomic E-state index is 14.8. The highest BCUT2D eigenvalue weighted by molar-refractivity contribution is 8.72. The Labute approximate surface area is 498 Å². The molecule has 0 saturated carbocycles. The molecule has 0 spiro atoms. The van der Waals surface area contributed by atoms with Crippen molar-refractivity contribution in [2.75, 3.05) is 13.2 Å². The first-order valence-corrected chi connectivity index (χ1v) is 30.7. The van der Waals surface area contributed by atoms with Crippen molar-refractivity contribution in [1.82, 2.24) is 0 Å². The zero-order chi connectivity index (χ0) is 58.8. The van der Waals surface area contributed by atoms with Crippen LogP contribution in [0.3, 0.4) is 0 Å². The second-order valence-corrected chi connectivity index (χ2v) is 24.2. The van der Waals surface area contributed by atoms with Crippen molar-refractivity contribution in [2.45, 2.75) is 98.8 Å². The smallest absolute Gasteiger partial charge is 0.338 e. The van der Waals surface area contributed by atoms with Gasteiger partial charge in [0.25, 0.3) is 0 Å². The lowest BCUT2D eigenvalue weighted by molar-refractivity contribution is -0.355. The number of benzene rings is 8. The molecule has 2 aliphatic rings. The summed E-state index contributed by atoms with van der Waals surface area (Å²) in [7, 11) is -4.05. The molecule has 15 nitrogen and oxygen atoms in total. The maximum atomic E-state index is 14.8. The first kappa shape index (κ1) is 60.3. The molecule has 0 N–H and O–H groups in total. The van der Waals surface area contributed by atoms with Gasteiger partial charge in [-0.2, -0.15) is 0 Å². The van der Waals surface area contributed by atoms with E-state index in [1.54, 1.807) is 78.9 Å². The number of carbonyl (C=O) groups is 3. The Morgan fingerprint density at radius 3 is 1.29 bits per heavy atom. The summed E-state index contributed by atoms with van der Waals surface area (Å²) in [6.07, 6.45) is -12.3. The van der Waals surface area contributed by atoms with Crippen LogP contribution in [-0.4, -0.2) is 100 Å². The van der Waals surface area contributed by atoms with Gasteiger partial charge in [0.1, 0.15) is 43.2 Å². The van der Waals surface area contributed by atoms with Crippen molar-refractivity contribution in [1.29, 1.82) is 0 Å². The van der Waals surface area contributed by atoms with Crippen LogP contribution in [-0.2, 0) is 82.7 Å².